The zero-order valence-corrected chi connectivity index (χ0v) is 11.1. The fourth-order valence-corrected chi connectivity index (χ4v) is 1.39. The third kappa shape index (κ3) is 4.99. The van der Waals surface area contributed by atoms with E-state index in [4.69, 9.17) is 0 Å². The lowest BCUT2D eigenvalue weighted by Crippen LogP contribution is -2.27. The summed E-state index contributed by atoms with van der Waals surface area (Å²) < 4.78 is 0. The van der Waals surface area contributed by atoms with Crippen molar-refractivity contribution < 1.29 is 9.59 Å². The van der Waals surface area contributed by atoms with Gasteiger partial charge in [0.2, 0.25) is 11.8 Å². The summed E-state index contributed by atoms with van der Waals surface area (Å²) >= 11 is 0. The van der Waals surface area contributed by atoms with Gasteiger partial charge in [0, 0.05) is 25.9 Å². The van der Waals surface area contributed by atoms with Crippen molar-refractivity contribution in [2.24, 2.45) is 5.92 Å². The summed E-state index contributed by atoms with van der Waals surface area (Å²) in [5, 5.41) is 5.60. The number of benzene rings is 1. The number of carbonyl (C=O) groups is 2. The highest BCUT2D eigenvalue weighted by Gasteiger charge is 2.05. The summed E-state index contributed by atoms with van der Waals surface area (Å²) in [6, 6.07) is 7.81. The predicted octanol–water partition coefficient (Wildman–Crippen LogP) is 1.59. The third-order valence-corrected chi connectivity index (χ3v) is 2.56. The van der Waals surface area contributed by atoms with Gasteiger partial charge in [0.25, 0.3) is 0 Å². The van der Waals surface area contributed by atoms with E-state index in [2.05, 4.69) is 10.6 Å². The minimum Gasteiger partial charge on any atom is -0.352 e. The molecule has 0 heterocycles. The van der Waals surface area contributed by atoms with E-state index in [1.54, 1.807) is 0 Å². The molecule has 98 valence electrons. The van der Waals surface area contributed by atoms with Crippen LogP contribution in [0.15, 0.2) is 24.3 Å². The molecule has 0 atom stereocenters. The molecule has 0 aromatic heterocycles. The molecule has 0 spiro atoms. The maximum absolute atomic E-state index is 11.4. The van der Waals surface area contributed by atoms with Gasteiger partial charge in [0.05, 0.1) is 0 Å². The summed E-state index contributed by atoms with van der Waals surface area (Å²) in [6.45, 7) is 6.30. The van der Waals surface area contributed by atoms with Crippen LogP contribution in [0.5, 0.6) is 0 Å². The molecule has 2 N–H and O–H groups in total. The van der Waals surface area contributed by atoms with Crippen molar-refractivity contribution in [3.05, 3.63) is 35.4 Å². The average Bonchev–Trinajstić information content (AvgIpc) is 2.34. The first-order valence-electron chi connectivity index (χ1n) is 6.09. The highest BCUT2D eigenvalue weighted by molar-refractivity contribution is 5.77. The Morgan fingerprint density at radius 1 is 1.00 bits per heavy atom. The second-order valence-corrected chi connectivity index (χ2v) is 4.60. The molecule has 18 heavy (non-hydrogen) atoms. The molecule has 0 saturated heterocycles. The van der Waals surface area contributed by atoms with Crippen LogP contribution in [-0.2, 0) is 22.7 Å². The van der Waals surface area contributed by atoms with Crippen LogP contribution in [0.25, 0.3) is 0 Å². The van der Waals surface area contributed by atoms with Gasteiger partial charge >= 0.3 is 0 Å². The molecule has 4 heteroatoms. The van der Waals surface area contributed by atoms with E-state index in [1.807, 2.05) is 38.1 Å². The van der Waals surface area contributed by atoms with E-state index in [-0.39, 0.29) is 17.7 Å². The van der Waals surface area contributed by atoms with E-state index < -0.39 is 0 Å². The molecule has 0 saturated carbocycles. The van der Waals surface area contributed by atoms with E-state index in [0.717, 1.165) is 11.1 Å². The molecule has 0 bridgehead atoms. The quantitative estimate of drug-likeness (QED) is 0.831. The SMILES string of the molecule is CC(=O)NCc1ccc(CNC(=O)C(C)C)cc1. The van der Waals surface area contributed by atoms with Crippen LogP contribution in [0.2, 0.25) is 0 Å². The molecule has 0 aliphatic heterocycles. The molecule has 0 aliphatic carbocycles. The third-order valence-electron chi connectivity index (χ3n) is 2.56. The van der Waals surface area contributed by atoms with Crippen molar-refractivity contribution in [3.63, 3.8) is 0 Å². The summed E-state index contributed by atoms with van der Waals surface area (Å²) in [4.78, 5) is 22.2. The largest absolute Gasteiger partial charge is 0.352 e. The molecule has 0 unspecified atom stereocenters. The summed E-state index contributed by atoms with van der Waals surface area (Å²) in [7, 11) is 0. The van der Waals surface area contributed by atoms with Crippen molar-refractivity contribution in [2.45, 2.75) is 33.9 Å². The molecule has 0 fully saturated rings. The van der Waals surface area contributed by atoms with Crippen LogP contribution in [0.3, 0.4) is 0 Å². The van der Waals surface area contributed by atoms with E-state index in [9.17, 15) is 9.59 Å². The topological polar surface area (TPSA) is 58.2 Å². The summed E-state index contributed by atoms with van der Waals surface area (Å²) in [6.07, 6.45) is 0. The maximum atomic E-state index is 11.4. The molecule has 1 rings (SSSR count). The van der Waals surface area contributed by atoms with Gasteiger partial charge in [0.15, 0.2) is 0 Å². The lowest BCUT2D eigenvalue weighted by Gasteiger charge is -2.08. The van der Waals surface area contributed by atoms with Crippen LogP contribution >= 0.6 is 0 Å². The highest BCUT2D eigenvalue weighted by atomic mass is 16.2. The van der Waals surface area contributed by atoms with Gasteiger partial charge < -0.3 is 10.6 Å². The monoisotopic (exact) mass is 248 g/mol. The van der Waals surface area contributed by atoms with Gasteiger partial charge in [-0.2, -0.15) is 0 Å². The first-order valence-corrected chi connectivity index (χ1v) is 6.09. The average molecular weight is 248 g/mol. The van der Waals surface area contributed by atoms with E-state index in [1.165, 1.54) is 6.92 Å². The Morgan fingerprint density at radius 2 is 1.44 bits per heavy atom. The van der Waals surface area contributed by atoms with Crippen molar-refractivity contribution in [1.82, 2.24) is 10.6 Å². The number of amides is 2. The zero-order valence-electron chi connectivity index (χ0n) is 11.1. The summed E-state index contributed by atoms with van der Waals surface area (Å²) in [5.74, 6) is 0.0182. The molecule has 0 aliphatic rings. The normalized spacial score (nSPS) is 10.2. The molecule has 4 nitrogen and oxygen atoms in total. The van der Waals surface area contributed by atoms with Crippen molar-refractivity contribution in [3.8, 4) is 0 Å². The smallest absolute Gasteiger partial charge is 0.222 e. The standard InChI is InChI=1S/C14H20N2O2/c1-10(2)14(18)16-9-13-6-4-12(5-7-13)8-15-11(3)17/h4-7,10H,8-9H2,1-3H3,(H,15,17)(H,16,18). The number of nitrogens with one attached hydrogen (secondary N) is 2. The van der Waals surface area contributed by atoms with E-state index in [0.29, 0.717) is 13.1 Å². The van der Waals surface area contributed by atoms with Crippen LogP contribution in [0.1, 0.15) is 31.9 Å². The Bertz CT molecular complexity index is 410. The number of rotatable bonds is 5. The Balaban J connectivity index is 2.45. The minimum absolute atomic E-state index is 0.00374. The van der Waals surface area contributed by atoms with Crippen molar-refractivity contribution in [1.29, 1.82) is 0 Å². The van der Waals surface area contributed by atoms with Gasteiger partial charge in [-0.05, 0) is 11.1 Å². The van der Waals surface area contributed by atoms with Crippen LogP contribution in [0, 0.1) is 5.92 Å². The second-order valence-electron chi connectivity index (χ2n) is 4.60. The minimum atomic E-state index is -0.0386. The molecule has 1 aromatic carbocycles. The Kier molecular flexibility index (Phi) is 5.36. The summed E-state index contributed by atoms with van der Waals surface area (Å²) in [5.41, 5.74) is 2.10. The van der Waals surface area contributed by atoms with Gasteiger partial charge in [-0.15, -0.1) is 0 Å². The first-order chi connectivity index (χ1) is 8.49. The molecule has 2 amide bonds. The van der Waals surface area contributed by atoms with Crippen LogP contribution < -0.4 is 10.6 Å². The maximum Gasteiger partial charge on any atom is 0.222 e. The van der Waals surface area contributed by atoms with Crippen LogP contribution in [-0.4, -0.2) is 11.8 Å². The number of hydrogen-bond acceptors (Lipinski definition) is 2. The van der Waals surface area contributed by atoms with Crippen LogP contribution in [0.4, 0.5) is 0 Å². The van der Waals surface area contributed by atoms with Crippen molar-refractivity contribution in [2.75, 3.05) is 0 Å². The number of carbonyl (C=O) groups excluding carboxylic acids is 2. The van der Waals surface area contributed by atoms with Crippen molar-refractivity contribution >= 4 is 11.8 Å². The van der Waals surface area contributed by atoms with Gasteiger partial charge in [-0.3, -0.25) is 9.59 Å². The molecular weight excluding hydrogens is 228 g/mol. The lowest BCUT2D eigenvalue weighted by atomic mass is 10.1. The first kappa shape index (κ1) is 14.2. The highest BCUT2D eigenvalue weighted by Crippen LogP contribution is 2.04. The van der Waals surface area contributed by atoms with Gasteiger partial charge in [-0.25, -0.2) is 0 Å². The predicted molar refractivity (Wildman–Crippen MR) is 70.6 cm³/mol. The van der Waals surface area contributed by atoms with Gasteiger partial charge in [0.1, 0.15) is 0 Å². The Hall–Kier alpha value is -1.84. The van der Waals surface area contributed by atoms with E-state index >= 15 is 0 Å². The Morgan fingerprint density at radius 3 is 1.83 bits per heavy atom. The fraction of sp³-hybridized carbons (Fsp3) is 0.429. The molecule has 0 radical (unpaired) electrons. The molecule has 1 aromatic rings. The Labute approximate surface area is 108 Å². The zero-order chi connectivity index (χ0) is 13.5. The lowest BCUT2D eigenvalue weighted by molar-refractivity contribution is -0.124. The van der Waals surface area contributed by atoms with Gasteiger partial charge in [-0.1, -0.05) is 38.1 Å². The molecular formula is C14H20N2O2. The fourth-order valence-electron chi connectivity index (χ4n) is 1.39. The second kappa shape index (κ2) is 6.79. The number of hydrogen-bond donors (Lipinski definition) is 2.